The number of carbonyl (C=O) groups excluding carboxylic acids is 1. The molecule has 0 aromatic heterocycles. The van der Waals surface area contributed by atoms with Crippen LogP contribution in [-0.2, 0) is 21.1 Å². The van der Waals surface area contributed by atoms with Crippen molar-refractivity contribution in [3.8, 4) is 23.7 Å². The van der Waals surface area contributed by atoms with Crippen LogP contribution >= 0.6 is 0 Å². The van der Waals surface area contributed by atoms with E-state index < -0.39 is 20.5 Å². The van der Waals surface area contributed by atoms with Crippen molar-refractivity contribution in [2.75, 3.05) is 12.9 Å². The number of hydroxylamine groups is 1. The molecule has 0 aliphatic heterocycles. The molecule has 7 heteroatoms. The summed E-state index contributed by atoms with van der Waals surface area (Å²) in [4.78, 5) is 11.8. The van der Waals surface area contributed by atoms with Gasteiger partial charge in [-0.3, -0.25) is 10.0 Å². The molecule has 0 saturated heterocycles. The molecule has 1 aliphatic carbocycles. The van der Waals surface area contributed by atoms with Crippen LogP contribution in [0.5, 0.6) is 0 Å². The monoisotopic (exact) mass is 389 g/mol. The SMILES string of the molecule is CC(CCc1ccc(C#CC#C[C@H]2CC2CO)cc1)(C(=O)NO)S(C)(=O)=O. The second-order valence-electron chi connectivity index (χ2n) is 6.95. The third-order valence-corrected chi connectivity index (χ3v) is 6.96. The lowest BCUT2D eigenvalue weighted by Crippen LogP contribution is -2.49. The second-order valence-corrected chi connectivity index (χ2v) is 9.39. The Kier molecular flexibility index (Phi) is 6.67. The molecule has 27 heavy (non-hydrogen) atoms. The van der Waals surface area contributed by atoms with Crippen LogP contribution in [0.15, 0.2) is 24.3 Å². The van der Waals surface area contributed by atoms with Gasteiger partial charge in [-0.05, 0) is 61.6 Å². The summed E-state index contributed by atoms with van der Waals surface area (Å²) in [6.07, 6.45) is 2.31. The highest BCUT2D eigenvalue weighted by atomic mass is 32.2. The van der Waals surface area contributed by atoms with Gasteiger partial charge in [0.15, 0.2) is 9.84 Å². The van der Waals surface area contributed by atoms with E-state index in [1.165, 1.54) is 12.4 Å². The summed E-state index contributed by atoms with van der Waals surface area (Å²) < 4.78 is 22.2. The number of aliphatic hydroxyl groups is 1. The highest BCUT2D eigenvalue weighted by Gasteiger charge is 2.43. The Morgan fingerprint density at radius 2 is 1.96 bits per heavy atom. The van der Waals surface area contributed by atoms with Crippen LogP contribution in [0, 0.1) is 35.5 Å². The third-order valence-electron chi connectivity index (χ3n) is 4.93. The largest absolute Gasteiger partial charge is 0.396 e. The van der Waals surface area contributed by atoms with Crippen LogP contribution in [0.25, 0.3) is 0 Å². The molecule has 0 radical (unpaired) electrons. The summed E-state index contributed by atoms with van der Waals surface area (Å²) in [5.74, 6) is 11.1. The van der Waals surface area contributed by atoms with Crippen LogP contribution in [0.1, 0.15) is 30.9 Å². The zero-order valence-corrected chi connectivity index (χ0v) is 16.1. The van der Waals surface area contributed by atoms with Gasteiger partial charge in [-0.15, -0.1) is 0 Å². The molecule has 144 valence electrons. The van der Waals surface area contributed by atoms with E-state index in [4.69, 9.17) is 10.3 Å². The average molecular weight is 389 g/mol. The molecule has 1 aromatic carbocycles. The summed E-state index contributed by atoms with van der Waals surface area (Å²) in [7, 11) is -3.70. The first-order chi connectivity index (χ1) is 12.7. The van der Waals surface area contributed by atoms with Gasteiger partial charge in [-0.25, -0.2) is 13.9 Å². The molecule has 6 nitrogen and oxygen atoms in total. The van der Waals surface area contributed by atoms with Crippen LogP contribution in [0.4, 0.5) is 0 Å². The molecule has 3 N–H and O–H groups in total. The Labute approximate surface area is 159 Å². The van der Waals surface area contributed by atoms with Crippen molar-refractivity contribution < 1.29 is 23.5 Å². The molecule has 1 fully saturated rings. The van der Waals surface area contributed by atoms with E-state index in [9.17, 15) is 13.2 Å². The number of rotatable bonds is 6. The van der Waals surface area contributed by atoms with E-state index in [0.717, 1.165) is 23.8 Å². The minimum atomic E-state index is -3.70. The van der Waals surface area contributed by atoms with Crippen LogP contribution < -0.4 is 5.48 Å². The Bertz CT molecular complexity index is 915. The fourth-order valence-electron chi connectivity index (χ4n) is 2.58. The number of aliphatic hydroxyl groups excluding tert-OH is 1. The molecule has 1 amide bonds. The molecule has 1 aromatic rings. The quantitative estimate of drug-likeness (QED) is 0.381. The number of amides is 1. The van der Waals surface area contributed by atoms with Gasteiger partial charge in [0.25, 0.3) is 5.91 Å². The summed E-state index contributed by atoms with van der Waals surface area (Å²) in [6.45, 7) is 1.47. The molecule has 2 rings (SSSR count). The van der Waals surface area contributed by atoms with Gasteiger partial charge in [0.2, 0.25) is 0 Å². The van der Waals surface area contributed by atoms with Gasteiger partial charge < -0.3 is 5.11 Å². The summed E-state index contributed by atoms with van der Waals surface area (Å²) in [6, 6.07) is 7.25. The van der Waals surface area contributed by atoms with Gasteiger partial charge >= 0.3 is 0 Å². The molecule has 0 heterocycles. The van der Waals surface area contributed by atoms with Gasteiger partial charge in [0.05, 0.1) is 0 Å². The maximum absolute atomic E-state index is 12.0. The van der Waals surface area contributed by atoms with E-state index in [-0.39, 0.29) is 18.9 Å². The normalized spacial score (nSPS) is 20.3. The van der Waals surface area contributed by atoms with Gasteiger partial charge in [-0.2, -0.15) is 0 Å². The predicted molar refractivity (Wildman–Crippen MR) is 101 cm³/mol. The van der Waals surface area contributed by atoms with Crippen LogP contribution in [0.3, 0.4) is 0 Å². The third kappa shape index (κ3) is 5.33. The molecule has 1 saturated carbocycles. The first kappa shape index (κ1) is 21.0. The molecular weight excluding hydrogens is 366 g/mol. The zero-order chi connectivity index (χ0) is 20.1. The first-order valence-electron chi connectivity index (χ1n) is 8.56. The fraction of sp³-hybridized carbons (Fsp3) is 0.450. The smallest absolute Gasteiger partial charge is 0.264 e. The maximum Gasteiger partial charge on any atom is 0.264 e. The lowest BCUT2D eigenvalue weighted by Gasteiger charge is -2.25. The van der Waals surface area contributed by atoms with E-state index in [1.54, 1.807) is 0 Å². The number of hydrogen-bond acceptors (Lipinski definition) is 5. The molecule has 1 aliphatic rings. The van der Waals surface area contributed by atoms with Gasteiger partial charge in [0.1, 0.15) is 4.75 Å². The second kappa shape index (κ2) is 8.58. The Morgan fingerprint density at radius 1 is 1.30 bits per heavy atom. The standard InChI is InChI=1S/C20H23NO5S/c1-20(19(23)21-24,27(2,25)26)12-11-16-9-7-15(8-10-16)5-3-4-6-17-13-18(17)14-22/h7-10,17-18,22,24H,11-14H2,1-2H3,(H,21,23)/t17-,18?,20?/m0/s1. The van der Waals surface area contributed by atoms with E-state index in [0.29, 0.717) is 12.3 Å². The Hall–Kier alpha value is -2.32. The van der Waals surface area contributed by atoms with Crippen molar-refractivity contribution in [2.24, 2.45) is 11.8 Å². The van der Waals surface area contributed by atoms with Crippen LogP contribution in [0.2, 0.25) is 0 Å². The number of carbonyl (C=O) groups is 1. The van der Waals surface area contributed by atoms with E-state index in [1.807, 2.05) is 24.3 Å². The van der Waals surface area contributed by atoms with Crippen LogP contribution in [-0.4, -0.2) is 42.2 Å². The molecule has 0 spiro atoms. The number of hydrogen-bond donors (Lipinski definition) is 3. The minimum Gasteiger partial charge on any atom is -0.396 e. The Balaban J connectivity index is 1.98. The van der Waals surface area contributed by atoms with Crippen molar-refractivity contribution in [1.82, 2.24) is 5.48 Å². The van der Waals surface area contributed by atoms with Crippen molar-refractivity contribution in [1.29, 1.82) is 0 Å². The van der Waals surface area contributed by atoms with Crippen molar-refractivity contribution in [3.63, 3.8) is 0 Å². The minimum absolute atomic E-state index is 0.0438. The van der Waals surface area contributed by atoms with Crippen molar-refractivity contribution in [2.45, 2.75) is 30.9 Å². The number of nitrogens with one attached hydrogen (secondary N) is 1. The molecule has 3 atom stereocenters. The van der Waals surface area contributed by atoms with Gasteiger partial charge in [0, 0.05) is 24.3 Å². The van der Waals surface area contributed by atoms with E-state index in [2.05, 4.69) is 23.7 Å². The first-order valence-corrected chi connectivity index (χ1v) is 10.5. The maximum atomic E-state index is 12.0. The lowest BCUT2D eigenvalue weighted by molar-refractivity contribution is -0.131. The summed E-state index contributed by atoms with van der Waals surface area (Å²) in [5.41, 5.74) is 3.08. The molecule has 2 unspecified atom stereocenters. The average Bonchev–Trinajstić information content (AvgIpc) is 3.41. The lowest BCUT2D eigenvalue weighted by atomic mass is 9.99. The summed E-state index contributed by atoms with van der Waals surface area (Å²) >= 11 is 0. The fourth-order valence-corrected chi connectivity index (χ4v) is 3.44. The summed E-state index contributed by atoms with van der Waals surface area (Å²) in [5, 5.41) is 17.8. The Morgan fingerprint density at radius 3 is 2.48 bits per heavy atom. The van der Waals surface area contributed by atoms with E-state index >= 15 is 0 Å². The number of benzene rings is 1. The van der Waals surface area contributed by atoms with Crippen molar-refractivity contribution >= 4 is 15.7 Å². The topological polar surface area (TPSA) is 104 Å². The molecular formula is C20H23NO5S. The number of sulfone groups is 1. The van der Waals surface area contributed by atoms with Crippen molar-refractivity contribution in [3.05, 3.63) is 35.4 Å². The van der Waals surface area contributed by atoms with Gasteiger partial charge in [-0.1, -0.05) is 24.0 Å². The highest BCUT2D eigenvalue weighted by molar-refractivity contribution is 7.92. The molecule has 0 bridgehead atoms. The predicted octanol–water partition coefficient (Wildman–Crippen LogP) is 0.911. The highest BCUT2D eigenvalue weighted by Crippen LogP contribution is 2.36. The zero-order valence-electron chi connectivity index (χ0n) is 15.3. The number of aryl methyl sites for hydroxylation is 1.